The Morgan fingerprint density at radius 1 is 1.35 bits per heavy atom. The highest BCUT2D eigenvalue weighted by Crippen LogP contribution is 2.23. The quantitative estimate of drug-likeness (QED) is 0.915. The Bertz CT molecular complexity index is 470. The van der Waals surface area contributed by atoms with Gasteiger partial charge in [0.25, 0.3) is 5.91 Å². The van der Waals surface area contributed by atoms with Gasteiger partial charge >= 0.3 is 0 Å². The third kappa shape index (κ3) is 3.21. The average molecular weight is 274 g/mol. The number of carbonyl (C=O) groups excluding carboxylic acids is 1. The molecule has 2 rings (SSSR count). The van der Waals surface area contributed by atoms with Crippen LogP contribution < -0.4 is 5.32 Å². The fourth-order valence-electron chi connectivity index (χ4n) is 3.02. The van der Waals surface area contributed by atoms with Crippen LogP contribution in [0.4, 0.5) is 0 Å². The molecule has 1 amide bonds. The van der Waals surface area contributed by atoms with Crippen LogP contribution in [-0.4, -0.2) is 37.0 Å². The molecule has 0 radical (unpaired) electrons. The molecule has 0 aliphatic carbocycles. The van der Waals surface area contributed by atoms with Gasteiger partial charge in [0.05, 0.1) is 0 Å². The Kier molecular flexibility index (Phi) is 5.18. The molecule has 3 heteroatoms. The van der Waals surface area contributed by atoms with E-state index in [9.17, 15) is 4.79 Å². The number of piperidine rings is 1. The summed E-state index contributed by atoms with van der Waals surface area (Å²) in [6.45, 7) is 6.00. The minimum absolute atomic E-state index is 0.215. The third-order valence-corrected chi connectivity index (χ3v) is 4.45. The molecule has 1 atom stereocenters. The molecule has 1 heterocycles. The predicted molar refractivity (Wildman–Crippen MR) is 83.1 cm³/mol. The maximum absolute atomic E-state index is 12.9. The molecule has 1 N–H and O–H groups in total. The van der Waals surface area contributed by atoms with Crippen LogP contribution in [0, 0.1) is 13.8 Å². The van der Waals surface area contributed by atoms with Crippen molar-refractivity contribution in [2.24, 2.45) is 0 Å². The number of nitrogens with one attached hydrogen (secondary N) is 1. The minimum Gasteiger partial charge on any atom is -0.336 e. The van der Waals surface area contributed by atoms with E-state index < -0.39 is 0 Å². The largest absolute Gasteiger partial charge is 0.336 e. The number of amides is 1. The number of rotatable bonds is 4. The van der Waals surface area contributed by atoms with E-state index in [4.69, 9.17) is 0 Å². The zero-order chi connectivity index (χ0) is 14.5. The second-order valence-corrected chi connectivity index (χ2v) is 5.79. The van der Waals surface area contributed by atoms with Gasteiger partial charge in [0.15, 0.2) is 0 Å². The number of hydrogen-bond donors (Lipinski definition) is 1. The lowest BCUT2D eigenvalue weighted by atomic mass is 9.96. The molecule has 1 unspecified atom stereocenters. The minimum atomic E-state index is 0.215. The van der Waals surface area contributed by atoms with Crippen LogP contribution in [0.2, 0.25) is 0 Å². The first kappa shape index (κ1) is 15.0. The van der Waals surface area contributed by atoms with Gasteiger partial charge in [-0.2, -0.15) is 0 Å². The molecule has 1 aliphatic rings. The van der Waals surface area contributed by atoms with Gasteiger partial charge in [0.2, 0.25) is 0 Å². The molecule has 110 valence electrons. The van der Waals surface area contributed by atoms with Crippen LogP contribution in [0.25, 0.3) is 0 Å². The molecular weight excluding hydrogens is 248 g/mol. The Labute approximate surface area is 122 Å². The van der Waals surface area contributed by atoms with Crippen molar-refractivity contribution in [1.29, 1.82) is 0 Å². The van der Waals surface area contributed by atoms with Crippen LogP contribution in [0.1, 0.15) is 47.2 Å². The number of nitrogens with zero attached hydrogens (tertiary/aromatic N) is 1. The fourth-order valence-corrected chi connectivity index (χ4v) is 3.02. The van der Waals surface area contributed by atoms with Crippen molar-refractivity contribution in [1.82, 2.24) is 10.2 Å². The monoisotopic (exact) mass is 274 g/mol. The van der Waals surface area contributed by atoms with E-state index in [2.05, 4.69) is 30.1 Å². The van der Waals surface area contributed by atoms with E-state index in [0.717, 1.165) is 43.5 Å². The van der Waals surface area contributed by atoms with Crippen molar-refractivity contribution < 1.29 is 4.79 Å². The third-order valence-electron chi connectivity index (χ3n) is 4.45. The summed E-state index contributed by atoms with van der Waals surface area (Å²) in [5.74, 6) is 0.215. The fraction of sp³-hybridized carbons (Fsp3) is 0.588. The Morgan fingerprint density at radius 3 is 2.90 bits per heavy atom. The van der Waals surface area contributed by atoms with E-state index in [1.54, 1.807) is 0 Å². The summed E-state index contributed by atoms with van der Waals surface area (Å²) in [5.41, 5.74) is 3.19. The summed E-state index contributed by atoms with van der Waals surface area (Å²) < 4.78 is 0. The SMILES string of the molecule is CNCCC1CCCCN1C(=O)c1cccc(C)c1C. The van der Waals surface area contributed by atoms with Gasteiger partial charge in [0, 0.05) is 18.2 Å². The Morgan fingerprint density at radius 2 is 2.15 bits per heavy atom. The first-order valence-electron chi connectivity index (χ1n) is 7.67. The van der Waals surface area contributed by atoms with E-state index in [1.807, 2.05) is 19.2 Å². The molecule has 3 nitrogen and oxygen atoms in total. The van der Waals surface area contributed by atoms with Crippen LogP contribution in [0.15, 0.2) is 18.2 Å². The highest BCUT2D eigenvalue weighted by atomic mass is 16.2. The molecule has 1 aromatic rings. The molecule has 0 saturated carbocycles. The number of hydrogen-bond acceptors (Lipinski definition) is 2. The predicted octanol–water partition coefficient (Wildman–Crippen LogP) is 2.91. The van der Waals surface area contributed by atoms with Crippen molar-refractivity contribution in [2.75, 3.05) is 20.1 Å². The number of carbonyl (C=O) groups is 1. The van der Waals surface area contributed by atoms with Gasteiger partial charge in [-0.25, -0.2) is 0 Å². The van der Waals surface area contributed by atoms with Crippen molar-refractivity contribution in [3.05, 3.63) is 34.9 Å². The van der Waals surface area contributed by atoms with Gasteiger partial charge < -0.3 is 10.2 Å². The van der Waals surface area contributed by atoms with Crippen LogP contribution >= 0.6 is 0 Å². The van der Waals surface area contributed by atoms with Gasteiger partial charge in [0.1, 0.15) is 0 Å². The smallest absolute Gasteiger partial charge is 0.254 e. The van der Waals surface area contributed by atoms with Crippen molar-refractivity contribution in [2.45, 2.75) is 45.6 Å². The summed E-state index contributed by atoms with van der Waals surface area (Å²) in [7, 11) is 1.97. The second kappa shape index (κ2) is 6.89. The van der Waals surface area contributed by atoms with Crippen LogP contribution in [0.3, 0.4) is 0 Å². The lowest BCUT2D eigenvalue weighted by Crippen LogP contribution is -2.45. The number of aryl methyl sites for hydroxylation is 1. The lowest BCUT2D eigenvalue weighted by molar-refractivity contribution is 0.0601. The molecule has 20 heavy (non-hydrogen) atoms. The van der Waals surface area contributed by atoms with Gasteiger partial charge in [-0.05, 0) is 70.3 Å². The van der Waals surface area contributed by atoms with Crippen LogP contribution in [0.5, 0.6) is 0 Å². The number of likely N-dealkylation sites (tertiary alicyclic amines) is 1. The normalized spacial score (nSPS) is 19.1. The average Bonchev–Trinajstić information content (AvgIpc) is 2.47. The molecule has 1 fully saturated rings. The number of benzene rings is 1. The first-order chi connectivity index (χ1) is 9.65. The Balaban J connectivity index is 2.18. The van der Waals surface area contributed by atoms with Gasteiger partial charge in [-0.15, -0.1) is 0 Å². The maximum Gasteiger partial charge on any atom is 0.254 e. The molecule has 1 aromatic carbocycles. The molecular formula is C17H26N2O. The lowest BCUT2D eigenvalue weighted by Gasteiger charge is -2.36. The van der Waals surface area contributed by atoms with Gasteiger partial charge in [-0.1, -0.05) is 12.1 Å². The standard InChI is InChI=1S/C17H26N2O/c1-13-7-6-9-16(14(13)2)17(20)19-12-5-4-8-15(19)10-11-18-3/h6-7,9,15,18H,4-5,8,10-12H2,1-3H3. The van der Waals surface area contributed by atoms with E-state index in [-0.39, 0.29) is 5.91 Å². The van der Waals surface area contributed by atoms with Crippen molar-refractivity contribution in [3.63, 3.8) is 0 Å². The first-order valence-corrected chi connectivity index (χ1v) is 7.67. The summed E-state index contributed by atoms with van der Waals surface area (Å²) in [6.07, 6.45) is 4.56. The van der Waals surface area contributed by atoms with Crippen molar-refractivity contribution >= 4 is 5.91 Å². The highest BCUT2D eigenvalue weighted by Gasteiger charge is 2.27. The van der Waals surface area contributed by atoms with Crippen molar-refractivity contribution in [3.8, 4) is 0 Å². The summed E-state index contributed by atoms with van der Waals surface area (Å²) >= 11 is 0. The zero-order valence-corrected chi connectivity index (χ0v) is 12.9. The van der Waals surface area contributed by atoms with E-state index in [0.29, 0.717) is 6.04 Å². The topological polar surface area (TPSA) is 32.3 Å². The second-order valence-electron chi connectivity index (χ2n) is 5.79. The van der Waals surface area contributed by atoms with E-state index in [1.165, 1.54) is 12.0 Å². The zero-order valence-electron chi connectivity index (χ0n) is 12.9. The molecule has 0 spiro atoms. The van der Waals surface area contributed by atoms with E-state index >= 15 is 0 Å². The molecule has 0 bridgehead atoms. The Hall–Kier alpha value is -1.35. The molecule has 1 saturated heterocycles. The summed E-state index contributed by atoms with van der Waals surface area (Å²) in [4.78, 5) is 15.0. The molecule has 1 aliphatic heterocycles. The molecule has 0 aromatic heterocycles. The highest BCUT2D eigenvalue weighted by molar-refractivity contribution is 5.96. The summed E-state index contributed by atoms with van der Waals surface area (Å²) in [6, 6.07) is 6.42. The van der Waals surface area contributed by atoms with Crippen LogP contribution in [-0.2, 0) is 0 Å². The summed E-state index contributed by atoms with van der Waals surface area (Å²) in [5, 5.41) is 3.20. The van der Waals surface area contributed by atoms with Gasteiger partial charge in [-0.3, -0.25) is 4.79 Å². The maximum atomic E-state index is 12.9.